The number of aromatic nitrogens is 1. The number of nitrogens with zero attached hydrogens (tertiary/aromatic N) is 1. The Morgan fingerprint density at radius 3 is 2.41 bits per heavy atom. The van der Waals surface area contributed by atoms with Crippen molar-refractivity contribution < 1.29 is 9.59 Å². The fraction of sp³-hybridized carbons (Fsp3) is 0.381. The lowest BCUT2D eigenvalue weighted by molar-refractivity contribution is -0.127. The fourth-order valence-corrected chi connectivity index (χ4v) is 3.45. The Hall–Kier alpha value is -2.89. The molecule has 1 aliphatic carbocycles. The van der Waals surface area contributed by atoms with Gasteiger partial charge in [0.2, 0.25) is 5.91 Å². The van der Waals surface area contributed by atoms with Gasteiger partial charge in [0, 0.05) is 31.4 Å². The van der Waals surface area contributed by atoms with Crippen LogP contribution in [-0.4, -0.2) is 29.0 Å². The van der Waals surface area contributed by atoms with Gasteiger partial charge in [0.1, 0.15) is 5.54 Å². The van der Waals surface area contributed by atoms with E-state index >= 15 is 0 Å². The van der Waals surface area contributed by atoms with Gasteiger partial charge in [-0.2, -0.15) is 0 Å². The number of pyridine rings is 1. The molecule has 3 rings (SSSR count). The standard InChI is InChI=1S/C21H26N4O2/c26-19(23-15-11-18-10-4-7-14-22-18)21(12-5-6-13-21)25-20(27)24-16-17-8-2-1-3-9-17/h1-4,7-10,14H,5-6,11-13,15-16H2,(H,23,26)(H2,24,25,27). The van der Waals surface area contributed by atoms with Gasteiger partial charge in [-0.1, -0.05) is 49.2 Å². The van der Waals surface area contributed by atoms with Crippen LogP contribution in [0.1, 0.15) is 36.9 Å². The molecule has 3 amide bonds. The maximum Gasteiger partial charge on any atom is 0.315 e. The molecule has 0 unspecified atom stereocenters. The van der Waals surface area contributed by atoms with Crippen molar-refractivity contribution in [1.29, 1.82) is 0 Å². The summed E-state index contributed by atoms with van der Waals surface area (Å²) < 4.78 is 0. The molecule has 142 valence electrons. The number of carbonyl (C=O) groups excluding carboxylic acids is 2. The van der Waals surface area contributed by atoms with Crippen molar-refractivity contribution in [2.24, 2.45) is 0 Å². The molecule has 1 aromatic carbocycles. The van der Waals surface area contributed by atoms with Gasteiger partial charge in [-0.25, -0.2) is 4.79 Å². The third-order valence-electron chi connectivity index (χ3n) is 4.93. The third-order valence-corrected chi connectivity index (χ3v) is 4.93. The summed E-state index contributed by atoms with van der Waals surface area (Å²) in [7, 11) is 0. The van der Waals surface area contributed by atoms with Gasteiger partial charge in [0.05, 0.1) is 0 Å². The van der Waals surface area contributed by atoms with Gasteiger partial charge in [0.15, 0.2) is 0 Å². The molecule has 3 N–H and O–H groups in total. The largest absolute Gasteiger partial charge is 0.354 e. The highest BCUT2D eigenvalue weighted by Crippen LogP contribution is 2.29. The molecule has 0 saturated heterocycles. The molecule has 1 saturated carbocycles. The average Bonchev–Trinajstić information content (AvgIpc) is 3.18. The molecule has 0 spiro atoms. The molecule has 6 nitrogen and oxygen atoms in total. The Bertz CT molecular complexity index is 743. The molecule has 1 aliphatic rings. The van der Waals surface area contributed by atoms with Gasteiger partial charge >= 0.3 is 6.03 Å². The minimum Gasteiger partial charge on any atom is -0.354 e. The minimum absolute atomic E-state index is 0.106. The summed E-state index contributed by atoms with van der Waals surface area (Å²) in [6.07, 6.45) is 5.62. The van der Waals surface area contributed by atoms with E-state index in [-0.39, 0.29) is 11.9 Å². The number of rotatable bonds is 7. The molecular formula is C21H26N4O2. The van der Waals surface area contributed by atoms with Crippen LogP contribution in [0.5, 0.6) is 0 Å². The van der Waals surface area contributed by atoms with Crippen molar-refractivity contribution in [3.8, 4) is 0 Å². The summed E-state index contributed by atoms with van der Waals surface area (Å²) >= 11 is 0. The Morgan fingerprint density at radius 2 is 1.70 bits per heavy atom. The summed E-state index contributed by atoms with van der Waals surface area (Å²) in [5.74, 6) is -0.106. The second-order valence-electron chi connectivity index (χ2n) is 6.91. The molecule has 2 aromatic rings. The van der Waals surface area contributed by atoms with Gasteiger partial charge in [-0.3, -0.25) is 9.78 Å². The number of amides is 3. The van der Waals surface area contributed by atoms with Crippen molar-refractivity contribution in [2.45, 2.75) is 44.2 Å². The van der Waals surface area contributed by atoms with Crippen molar-refractivity contribution in [3.63, 3.8) is 0 Å². The van der Waals surface area contributed by atoms with Gasteiger partial charge in [-0.05, 0) is 30.5 Å². The second-order valence-corrected chi connectivity index (χ2v) is 6.91. The number of carbonyl (C=O) groups is 2. The van der Waals surface area contributed by atoms with Crippen LogP contribution in [0, 0.1) is 0 Å². The van der Waals surface area contributed by atoms with Crippen molar-refractivity contribution >= 4 is 11.9 Å². The van der Waals surface area contributed by atoms with E-state index in [0.29, 0.717) is 32.4 Å². The first kappa shape index (κ1) is 18.9. The summed E-state index contributed by atoms with van der Waals surface area (Å²) in [4.78, 5) is 29.4. The van der Waals surface area contributed by atoms with Crippen LogP contribution < -0.4 is 16.0 Å². The monoisotopic (exact) mass is 366 g/mol. The number of hydrogen-bond donors (Lipinski definition) is 3. The smallest absolute Gasteiger partial charge is 0.315 e. The predicted molar refractivity (Wildman–Crippen MR) is 104 cm³/mol. The van der Waals surface area contributed by atoms with Gasteiger partial charge in [-0.15, -0.1) is 0 Å². The van der Waals surface area contributed by atoms with Crippen molar-refractivity contribution in [2.75, 3.05) is 6.54 Å². The van der Waals surface area contributed by atoms with Gasteiger partial charge < -0.3 is 16.0 Å². The lowest BCUT2D eigenvalue weighted by Crippen LogP contribution is -2.59. The fourth-order valence-electron chi connectivity index (χ4n) is 3.45. The normalized spacial score (nSPS) is 15.1. The van der Waals surface area contributed by atoms with Gasteiger partial charge in [0.25, 0.3) is 0 Å². The van der Waals surface area contributed by atoms with Crippen LogP contribution in [0.15, 0.2) is 54.7 Å². The first-order chi connectivity index (χ1) is 13.2. The maximum absolute atomic E-state index is 12.8. The van der Waals surface area contributed by atoms with E-state index < -0.39 is 5.54 Å². The van der Waals surface area contributed by atoms with E-state index in [1.54, 1.807) is 6.20 Å². The van der Waals surface area contributed by atoms with Crippen molar-refractivity contribution in [3.05, 3.63) is 66.0 Å². The molecule has 0 atom stereocenters. The first-order valence-corrected chi connectivity index (χ1v) is 9.46. The highest BCUT2D eigenvalue weighted by Gasteiger charge is 2.42. The van der Waals surface area contributed by atoms with E-state index in [4.69, 9.17) is 0 Å². The summed E-state index contributed by atoms with van der Waals surface area (Å²) in [6.45, 7) is 0.939. The zero-order chi connectivity index (χ0) is 19.0. The predicted octanol–water partition coefficient (Wildman–Crippen LogP) is 2.55. The van der Waals surface area contributed by atoms with Crippen LogP contribution >= 0.6 is 0 Å². The molecule has 27 heavy (non-hydrogen) atoms. The third kappa shape index (κ3) is 5.29. The average molecular weight is 366 g/mol. The zero-order valence-corrected chi connectivity index (χ0v) is 15.4. The number of urea groups is 1. The molecule has 1 aromatic heterocycles. The Labute approximate surface area is 159 Å². The zero-order valence-electron chi connectivity index (χ0n) is 15.4. The Balaban J connectivity index is 1.51. The Morgan fingerprint density at radius 1 is 0.963 bits per heavy atom. The van der Waals surface area contributed by atoms with Crippen LogP contribution in [0.2, 0.25) is 0 Å². The lowest BCUT2D eigenvalue weighted by atomic mass is 9.96. The topological polar surface area (TPSA) is 83.1 Å². The van der Waals surface area contributed by atoms with Crippen LogP contribution in [-0.2, 0) is 17.8 Å². The Kier molecular flexibility index (Phi) is 6.41. The summed E-state index contributed by atoms with van der Waals surface area (Å²) in [6, 6.07) is 15.1. The van der Waals surface area contributed by atoms with Crippen LogP contribution in [0.4, 0.5) is 4.79 Å². The molecule has 0 radical (unpaired) electrons. The summed E-state index contributed by atoms with van der Waals surface area (Å²) in [5.41, 5.74) is 1.14. The molecular weight excluding hydrogens is 340 g/mol. The minimum atomic E-state index is -0.815. The quantitative estimate of drug-likeness (QED) is 0.704. The maximum atomic E-state index is 12.8. The van der Waals surface area contributed by atoms with E-state index in [2.05, 4.69) is 20.9 Å². The molecule has 1 heterocycles. The highest BCUT2D eigenvalue weighted by atomic mass is 16.2. The number of benzene rings is 1. The summed E-state index contributed by atoms with van der Waals surface area (Å²) in [5, 5.41) is 8.75. The van der Waals surface area contributed by atoms with E-state index in [1.807, 2.05) is 48.5 Å². The molecule has 1 fully saturated rings. The molecule has 0 aliphatic heterocycles. The van der Waals surface area contributed by atoms with Crippen molar-refractivity contribution in [1.82, 2.24) is 20.9 Å². The SMILES string of the molecule is O=C(NCc1ccccc1)NC1(C(=O)NCCc2ccccn2)CCCC1. The highest BCUT2D eigenvalue weighted by molar-refractivity contribution is 5.91. The molecule has 0 bridgehead atoms. The first-order valence-electron chi connectivity index (χ1n) is 9.46. The number of hydrogen-bond acceptors (Lipinski definition) is 3. The van der Waals surface area contributed by atoms with E-state index in [9.17, 15) is 9.59 Å². The lowest BCUT2D eigenvalue weighted by Gasteiger charge is -2.29. The van der Waals surface area contributed by atoms with E-state index in [1.165, 1.54) is 0 Å². The second kappa shape index (κ2) is 9.16. The number of nitrogens with one attached hydrogen (secondary N) is 3. The molecule has 6 heteroatoms. The van der Waals surface area contributed by atoms with Crippen LogP contribution in [0.3, 0.4) is 0 Å². The van der Waals surface area contributed by atoms with Crippen LogP contribution in [0.25, 0.3) is 0 Å². The van der Waals surface area contributed by atoms with E-state index in [0.717, 1.165) is 24.1 Å².